The van der Waals surface area contributed by atoms with E-state index in [0.29, 0.717) is 5.52 Å². The standard InChI is InChI=1S/C13H6BrF2N3O2/c14-7-4-8(15)12(9(16)5-7)19-11-3-6(13(20)21)1-2-10(11)17-18-19/h1-5H,(H,20,21). The van der Waals surface area contributed by atoms with E-state index in [4.69, 9.17) is 5.11 Å². The Morgan fingerprint density at radius 1 is 1.19 bits per heavy atom. The Kier molecular flexibility index (Phi) is 3.17. The van der Waals surface area contributed by atoms with Crippen LogP contribution in [-0.2, 0) is 0 Å². The molecule has 0 aliphatic carbocycles. The van der Waals surface area contributed by atoms with E-state index in [1.165, 1.54) is 18.2 Å². The highest BCUT2D eigenvalue weighted by atomic mass is 79.9. The van der Waals surface area contributed by atoms with Gasteiger partial charge in [0.1, 0.15) is 11.2 Å². The van der Waals surface area contributed by atoms with Crippen LogP contribution < -0.4 is 0 Å². The maximum Gasteiger partial charge on any atom is 0.335 e. The summed E-state index contributed by atoms with van der Waals surface area (Å²) in [4.78, 5) is 11.0. The molecule has 3 rings (SSSR count). The summed E-state index contributed by atoms with van der Waals surface area (Å²) in [6.45, 7) is 0. The lowest BCUT2D eigenvalue weighted by molar-refractivity contribution is 0.0697. The molecule has 0 atom stereocenters. The molecule has 0 fully saturated rings. The first-order valence-corrected chi connectivity index (χ1v) is 6.50. The molecule has 0 radical (unpaired) electrons. The fourth-order valence-electron chi connectivity index (χ4n) is 1.95. The van der Waals surface area contributed by atoms with Crippen molar-refractivity contribution >= 4 is 32.9 Å². The first kappa shape index (κ1) is 13.6. The molecule has 1 heterocycles. The molecule has 0 bridgehead atoms. The van der Waals surface area contributed by atoms with Gasteiger partial charge in [-0.25, -0.2) is 18.3 Å². The Morgan fingerprint density at radius 3 is 2.48 bits per heavy atom. The van der Waals surface area contributed by atoms with Crippen molar-refractivity contribution in [3.8, 4) is 5.69 Å². The number of fused-ring (bicyclic) bond motifs is 1. The number of rotatable bonds is 2. The summed E-state index contributed by atoms with van der Waals surface area (Å²) >= 11 is 2.99. The van der Waals surface area contributed by atoms with Gasteiger partial charge in [0.05, 0.1) is 11.1 Å². The molecule has 5 nitrogen and oxygen atoms in total. The molecule has 0 amide bonds. The smallest absolute Gasteiger partial charge is 0.335 e. The molecular weight excluding hydrogens is 348 g/mol. The summed E-state index contributed by atoms with van der Waals surface area (Å²) in [5.41, 5.74) is 0.101. The Morgan fingerprint density at radius 2 is 1.86 bits per heavy atom. The first-order valence-electron chi connectivity index (χ1n) is 5.71. The maximum absolute atomic E-state index is 14.0. The molecule has 21 heavy (non-hydrogen) atoms. The molecule has 2 aromatic carbocycles. The van der Waals surface area contributed by atoms with Crippen LogP contribution in [-0.4, -0.2) is 26.1 Å². The Hall–Kier alpha value is -2.35. The molecular formula is C13H6BrF2N3O2. The summed E-state index contributed by atoms with van der Waals surface area (Å²) in [6, 6.07) is 6.22. The van der Waals surface area contributed by atoms with Crippen molar-refractivity contribution in [3.63, 3.8) is 0 Å². The summed E-state index contributed by atoms with van der Waals surface area (Å²) in [7, 11) is 0. The van der Waals surface area contributed by atoms with E-state index in [0.717, 1.165) is 16.8 Å². The number of hydrogen-bond donors (Lipinski definition) is 1. The van der Waals surface area contributed by atoms with E-state index in [1.807, 2.05) is 0 Å². The van der Waals surface area contributed by atoms with Crippen LogP contribution in [0.5, 0.6) is 0 Å². The van der Waals surface area contributed by atoms with Gasteiger partial charge < -0.3 is 5.11 Å². The van der Waals surface area contributed by atoms with Crippen molar-refractivity contribution in [2.75, 3.05) is 0 Å². The first-order chi connectivity index (χ1) is 9.97. The monoisotopic (exact) mass is 353 g/mol. The zero-order chi connectivity index (χ0) is 15.1. The minimum Gasteiger partial charge on any atom is -0.478 e. The number of hydrogen-bond acceptors (Lipinski definition) is 3. The van der Waals surface area contributed by atoms with Gasteiger partial charge in [-0.05, 0) is 30.3 Å². The molecule has 0 aliphatic heterocycles. The van der Waals surface area contributed by atoms with Gasteiger partial charge in [0.25, 0.3) is 0 Å². The van der Waals surface area contributed by atoms with Crippen LogP contribution in [0.3, 0.4) is 0 Å². The minimum atomic E-state index is -1.15. The Bertz CT molecular complexity index is 856. The molecule has 1 aromatic heterocycles. The van der Waals surface area contributed by atoms with Gasteiger partial charge >= 0.3 is 5.97 Å². The van der Waals surface area contributed by atoms with E-state index in [-0.39, 0.29) is 15.6 Å². The minimum absolute atomic E-state index is 0.0241. The number of benzene rings is 2. The largest absolute Gasteiger partial charge is 0.478 e. The molecule has 0 spiro atoms. The average Bonchev–Trinajstić information content (AvgIpc) is 2.80. The van der Waals surface area contributed by atoms with Crippen molar-refractivity contribution < 1.29 is 18.7 Å². The van der Waals surface area contributed by atoms with E-state index >= 15 is 0 Å². The van der Waals surface area contributed by atoms with Crippen LogP contribution in [0.2, 0.25) is 0 Å². The normalized spacial score (nSPS) is 11.0. The fraction of sp³-hybridized carbons (Fsp3) is 0. The lowest BCUT2D eigenvalue weighted by Crippen LogP contribution is -2.04. The van der Waals surface area contributed by atoms with E-state index < -0.39 is 23.3 Å². The van der Waals surface area contributed by atoms with Crippen LogP contribution >= 0.6 is 15.9 Å². The zero-order valence-electron chi connectivity index (χ0n) is 10.2. The molecule has 106 valence electrons. The fourth-order valence-corrected chi connectivity index (χ4v) is 2.36. The van der Waals surface area contributed by atoms with Gasteiger partial charge in [-0.2, -0.15) is 0 Å². The van der Waals surface area contributed by atoms with Crippen LogP contribution in [0.15, 0.2) is 34.8 Å². The van der Waals surface area contributed by atoms with Gasteiger partial charge in [-0.3, -0.25) is 0 Å². The molecule has 1 N–H and O–H groups in total. The van der Waals surface area contributed by atoms with Crippen LogP contribution in [0.4, 0.5) is 8.78 Å². The van der Waals surface area contributed by atoms with Crippen LogP contribution in [0, 0.1) is 11.6 Å². The number of carbonyl (C=O) groups is 1. The van der Waals surface area contributed by atoms with Gasteiger partial charge in [-0.15, -0.1) is 5.10 Å². The number of aromatic nitrogens is 3. The molecule has 3 aromatic rings. The van der Waals surface area contributed by atoms with Crippen LogP contribution in [0.1, 0.15) is 10.4 Å². The Labute approximate surface area is 124 Å². The zero-order valence-corrected chi connectivity index (χ0v) is 11.8. The molecule has 0 aliphatic rings. The number of nitrogens with zero attached hydrogens (tertiary/aromatic N) is 3. The number of halogens is 3. The second-order valence-corrected chi connectivity index (χ2v) is 5.14. The van der Waals surface area contributed by atoms with E-state index in [1.54, 1.807) is 0 Å². The molecule has 0 saturated carbocycles. The predicted molar refractivity (Wildman–Crippen MR) is 73.4 cm³/mol. The third-order valence-corrected chi connectivity index (χ3v) is 3.34. The van der Waals surface area contributed by atoms with Gasteiger partial charge in [-0.1, -0.05) is 21.1 Å². The van der Waals surface area contributed by atoms with Crippen molar-refractivity contribution in [2.24, 2.45) is 0 Å². The second kappa shape index (κ2) is 4.88. The third kappa shape index (κ3) is 2.27. The highest BCUT2D eigenvalue weighted by Crippen LogP contribution is 2.25. The molecule has 8 heteroatoms. The maximum atomic E-state index is 14.0. The summed E-state index contributed by atoms with van der Waals surface area (Å²) < 4.78 is 29.2. The number of carboxylic acid groups (broad SMARTS) is 1. The van der Waals surface area contributed by atoms with Gasteiger partial charge in [0.2, 0.25) is 0 Å². The van der Waals surface area contributed by atoms with Crippen LogP contribution in [0.25, 0.3) is 16.7 Å². The quantitative estimate of drug-likeness (QED) is 0.768. The lowest BCUT2D eigenvalue weighted by atomic mass is 10.2. The number of aromatic carboxylic acids is 1. The molecule has 0 unspecified atom stereocenters. The van der Waals surface area contributed by atoms with Crippen molar-refractivity contribution in [1.82, 2.24) is 15.0 Å². The summed E-state index contributed by atoms with van der Waals surface area (Å²) in [5, 5.41) is 16.5. The average molecular weight is 354 g/mol. The van der Waals surface area contributed by atoms with Crippen molar-refractivity contribution in [3.05, 3.63) is 52.0 Å². The molecule has 0 saturated heterocycles. The van der Waals surface area contributed by atoms with E-state index in [9.17, 15) is 13.6 Å². The van der Waals surface area contributed by atoms with Crippen molar-refractivity contribution in [2.45, 2.75) is 0 Å². The summed E-state index contributed by atoms with van der Waals surface area (Å²) in [5.74, 6) is -2.83. The Balaban J connectivity index is 2.30. The predicted octanol–water partition coefficient (Wildman–Crippen LogP) is 3.16. The van der Waals surface area contributed by atoms with Gasteiger partial charge in [0.15, 0.2) is 11.6 Å². The van der Waals surface area contributed by atoms with Crippen molar-refractivity contribution in [1.29, 1.82) is 0 Å². The third-order valence-electron chi connectivity index (χ3n) is 2.89. The van der Waals surface area contributed by atoms with E-state index in [2.05, 4.69) is 26.2 Å². The van der Waals surface area contributed by atoms with Gasteiger partial charge in [0, 0.05) is 4.47 Å². The lowest BCUT2D eigenvalue weighted by Gasteiger charge is -2.06. The SMILES string of the molecule is O=C(O)c1ccc2nnn(-c3c(F)cc(Br)cc3F)c2c1. The highest BCUT2D eigenvalue weighted by Gasteiger charge is 2.17. The second-order valence-electron chi connectivity index (χ2n) is 4.23. The topological polar surface area (TPSA) is 68.0 Å². The summed E-state index contributed by atoms with van der Waals surface area (Å²) in [6.07, 6.45) is 0. The number of carboxylic acids is 1. The highest BCUT2D eigenvalue weighted by molar-refractivity contribution is 9.10.